The van der Waals surface area contributed by atoms with Crippen LogP contribution in [0.5, 0.6) is 5.75 Å². The highest BCUT2D eigenvalue weighted by Crippen LogP contribution is 2.53. The predicted molar refractivity (Wildman–Crippen MR) is 105 cm³/mol. The monoisotopic (exact) mass is 378 g/mol. The van der Waals surface area contributed by atoms with E-state index < -0.39 is 6.09 Å². The van der Waals surface area contributed by atoms with E-state index >= 15 is 0 Å². The van der Waals surface area contributed by atoms with Gasteiger partial charge in [-0.3, -0.25) is 5.32 Å². The first-order valence-electron chi connectivity index (χ1n) is 9.28. The highest BCUT2D eigenvalue weighted by molar-refractivity contribution is 5.85. The number of carbonyl (C=O) groups is 1. The number of nitrogens with zero attached hydrogens (tertiary/aromatic N) is 3. The Morgan fingerprint density at radius 2 is 1.96 bits per heavy atom. The van der Waals surface area contributed by atoms with E-state index in [0.29, 0.717) is 17.1 Å². The number of nitrogens with one attached hydrogen (secondary N) is 1. The van der Waals surface area contributed by atoms with Gasteiger partial charge in [0.15, 0.2) is 5.82 Å². The van der Waals surface area contributed by atoms with Crippen molar-refractivity contribution in [3.63, 3.8) is 0 Å². The Bertz CT molecular complexity index is 1010. The van der Waals surface area contributed by atoms with Gasteiger partial charge in [-0.15, -0.1) is 10.2 Å². The van der Waals surface area contributed by atoms with Gasteiger partial charge in [-0.2, -0.15) is 0 Å². The summed E-state index contributed by atoms with van der Waals surface area (Å²) in [6.07, 6.45) is 1.49. The molecular formula is C21H22N4O3. The molecule has 0 spiro atoms. The molecule has 2 N–H and O–H groups in total. The standard InChI is InChI=1S/C21H22N4O3/c1-3-28-20(27)22-15-9-10-16(17(26)13-15)18-23-24-19(25(18)2)21(11-12-21)14-7-5-4-6-8-14/h4-10,13,26H,3,11-12H2,1-2H3,(H,22,27). The second-order valence-corrected chi connectivity index (χ2v) is 6.93. The van der Waals surface area contributed by atoms with Crippen molar-refractivity contribution < 1.29 is 14.6 Å². The Labute approximate surface area is 163 Å². The lowest BCUT2D eigenvalue weighted by Crippen LogP contribution is -2.15. The van der Waals surface area contributed by atoms with E-state index in [1.165, 1.54) is 11.6 Å². The molecule has 1 saturated carbocycles. The molecule has 0 saturated heterocycles. The predicted octanol–water partition coefficient (Wildman–Crippen LogP) is 3.84. The van der Waals surface area contributed by atoms with E-state index in [4.69, 9.17) is 4.74 Å². The van der Waals surface area contributed by atoms with Crippen LogP contribution in [0, 0.1) is 0 Å². The molecule has 1 aromatic heterocycles. The van der Waals surface area contributed by atoms with Gasteiger partial charge >= 0.3 is 6.09 Å². The summed E-state index contributed by atoms with van der Waals surface area (Å²) >= 11 is 0. The number of amides is 1. The van der Waals surface area contributed by atoms with E-state index in [0.717, 1.165) is 18.7 Å². The van der Waals surface area contributed by atoms with Gasteiger partial charge in [0.25, 0.3) is 0 Å². The number of rotatable bonds is 5. The summed E-state index contributed by atoms with van der Waals surface area (Å²) in [4.78, 5) is 11.5. The molecular weight excluding hydrogens is 356 g/mol. The van der Waals surface area contributed by atoms with Crippen molar-refractivity contribution in [1.82, 2.24) is 14.8 Å². The van der Waals surface area contributed by atoms with Gasteiger partial charge in [-0.05, 0) is 37.5 Å². The second-order valence-electron chi connectivity index (χ2n) is 6.93. The smallest absolute Gasteiger partial charge is 0.411 e. The third-order valence-corrected chi connectivity index (χ3v) is 5.14. The molecule has 0 radical (unpaired) electrons. The number of aromatic hydroxyl groups is 1. The number of phenols is 1. The third-order valence-electron chi connectivity index (χ3n) is 5.14. The summed E-state index contributed by atoms with van der Waals surface area (Å²) in [7, 11) is 1.91. The minimum atomic E-state index is -0.561. The van der Waals surface area contributed by atoms with Crippen LogP contribution in [-0.2, 0) is 17.2 Å². The molecule has 0 atom stereocenters. The Morgan fingerprint density at radius 3 is 2.61 bits per heavy atom. The van der Waals surface area contributed by atoms with Crippen LogP contribution >= 0.6 is 0 Å². The second kappa shape index (κ2) is 6.99. The molecule has 28 heavy (non-hydrogen) atoms. The van der Waals surface area contributed by atoms with Gasteiger partial charge in [0, 0.05) is 18.8 Å². The van der Waals surface area contributed by atoms with Crippen molar-refractivity contribution in [2.75, 3.05) is 11.9 Å². The molecule has 4 rings (SSSR count). The molecule has 144 valence electrons. The fraction of sp³-hybridized carbons (Fsp3) is 0.286. The van der Waals surface area contributed by atoms with Crippen molar-refractivity contribution in [2.24, 2.45) is 7.05 Å². The summed E-state index contributed by atoms with van der Waals surface area (Å²) < 4.78 is 6.79. The lowest BCUT2D eigenvalue weighted by molar-refractivity contribution is 0.168. The average molecular weight is 378 g/mol. The number of benzene rings is 2. The van der Waals surface area contributed by atoms with E-state index in [2.05, 4.69) is 27.6 Å². The van der Waals surface area contributed by atoms with E-state index in [1.807, 2.05) is 29.8 Å². The molecule has 7 heteroatoms. The van der Waals surface area contributed by atoms with Crippen molar-refractivity contribution in [2.45, 2.75) is 25.2 Å². The molecule has 1 amide bonds. The zero-order valence-electron chi connectivity index (χ0n) is 15.8. The van der Waals surface area contributed by atoms with Crippen molar-refractivity contribution in [3.8, 4) is 17.1 Å². The minimum absolute atomic E-state index is 0.0147. The number of anilines is 1. The minimum Gasteiger partial charge on any atom is -0.507 e. The molecule has 1 fully saturated rings. The Kier molecular flexibility index (Phi) is 4.50. The first-order chi connectivity index (χ1) is 13.5. The summed E-state index contributed by atoms with van der Waals surface area (Å²) in [5, 5.41) is 21.8. The zero-order valence-corrected chi connectivity index (χ0v) is 15.8. The maximum atomic E-state index is 11.5. The van der Waals surface area contributed by atoms with Crippen LogP contribution in [-0.4, -0.2) is 32.6 Å². The highest BCUT2D eigenvalue weighted by Gasteiger charge is 2.49. The van der Waals surface area contributed by atoms with E-state index in [1.54, 1.807) is 19.1 Å². The normalized spacial score (nSPS) is 14.5. The Morgan fingerprint density at radius 1 is 1.21 bits per heavy atom. The molecule has 3 aromatic rings. The van der Waals surface area contributed by atoms with Gasteiger partial charge in [-0.1, -0.05) is 30.3 Å². The number of hydrogen-bond donors (Lipinski definition) is 2. The average Bonchev–Trinajstić information content (AvgIpc) is 3.40. The maximum absolute atomic E-state index is 11.5. The summed E-state index contributed by atoms with van der Waals surface area (Å²) in [5.41, 5.74) is 2.13. The van der Waals surface area contributed by atoms with Crippen LogP contribution in [0.15, 0.2) is 48.5 Å². The SMILES string of the molecule is CCOC(=O)Nc1ccc(-c2nnc(C3(c4ccccc4)CC3)n2C)c(O)c1. The Balaban J connectivity index is 1.64. The maximum Gasteiger partial charge on any atom is 0.411 e. The first-order valence-corrected chi connectivity index (χ1v) is 9.28. The molecule has 0 unspecified atom stereocenters. The Hall–Kier alpha value is -3.35. The molecule has 1 aliphatic rings. The van der Waals surface area contributed by atoms with Crippen LogP contribution < -0.4 is 5.32 Å². The van der Waals surface area contributed by atoms with Crippen LogP contribution in [0.25, 0.3) is 11.4 Å². The third kappa shape index (κ3) is 3.09. The van der Waals surface area contributed by atoms with Gasteiger partial charge in [-0.25, -0.2) is 4.79 Å². The van der Waals surface area contributed by atoms with Crippen LogP contribution in [0.1, 0.15) is 31.2 Å². The molecule has 7 nitrogen and oxygen atoms in total. The van der Waals surface area contributed by atoms with E-state index in [9.17, 15) is 9.90 Å². The van der Waals surface area contributed by atoms with Crippen molar-refractivity contribution >= 4 is 11.8 Å². The summed E-state index contributed by atoms with van der Waals surface area (Å²) in [6.45, 7) is 2.01. The number of carbonyl (C=O) groups excluding carboxylic acids is 1. The molecule has 1 aliphatic carbocycles. The van der Waals surface area contributed by atoms with Crippen molar-refractivity contribution in [1.29, 1.82) is 0 Å². The van der Waals surface area contributed by atoms with Crippen LogP contribution in [0.3, 0.4) is 0 Å². The van der Waals surface area contributed by atoms with Gasteiger partial charge in [0.1, 0.15) is 11.6 Å². The van der Waals surface area contributed by atoms with Crippen LogP contribution in [0.2, 0.25) is 0 Å². The highest BCUT2D eigenvalue weighted by atomic mass is 16.5. The fourth-order valence-electron chi connectivity index (χ4n) is 3.59. The first kappa shape index (κ1) is 18.0. The lowest BCUT2D eigenvalue weighted by Gasteiger charge is -2.15. The van der Waals surface area contributed by atoms with Crippen molar-refractivity contribution in [3.05, 3.63) is 59.9 Å². The van der Waals surface area contributed by atoms with Gasteiger partial charge in [0.05, 0.1) is 17.6 Å². The number of ether oxygens (including phenoxy) is 1. The molecule has 0 aliphatic heterocycles. The van der Waals surface area contributed by atoms with Crippen LogP contribution in [0.4, 0.5) is 10.5 Å². The summed E-state index contributed by atoms with van der Waals surface area (Å²) in [5.74, 6) is 1.49. The topological polar surface area (TPSA) is 89.3 Å². The molecule has 0 bridgehead atoms. The molecule has 1 heterocycles. The number of phenolic OH excluding ortho intramolecular Hbond substituents is 1. The van der Waals surface area contributed by atoms with Gasteiger partial charge in [0.2, 0.25) is 0 Å². The fourth-order valence-corrected chi connectivity index (χ4v) is 3.59. The zero-order chi connectivity index (χ0) is 19.7. The summed E-state index contributed by atoms with van der Waals surface area (Å²) in [6, 6.07) is 15.2. The largest absolute Gasteiger partial charge is 0.507 e. The van der Waals surface area contributed by atoms with E-state index in [-0.39, 0.29) is 17.8 Å². The lowest BCUT2D eigenvalue weighted by atomic mass is 9.95. The van der Waals surface area contributed by atoms with Gasteiger partial charge < -0.3 is 14.4 Å². The quantitative estimate of drug-likeness (QED) is 0.704. The number of aromatic nitrogens is 3. The number of hydrogen-bond acceptors (Lipinski definition) is 5. The molecule has 2 aromatic carbocycles.